The van der Waals surface area contributed by atoms with Gasteiger partial charge in [-0.3, -0.25) is 10.2 Å². The van der Waals surface area contributed by atoms with Crippen LogP contribution in [0, 0.1) is 0 Å². The van der Waals surface area contributed by atoms with Gasteiger partial charge in [0.05, 0.1) is 6.04 Å². The average Bonchev–Trinajstić information content (AvgIpc) is 2.62. The van der Waals surface area contributed by atoms with Gasteiger partial charge in [0.15, 0.2) is 0 Å². The molecule has 144 valence electrons. The topological polar surface area (TPSA) is 79.5 Å². The lowest BCUT2D eigenvalue weighted by molar-refractivity contribution is -0.124. The fourth-order valence-corrected chi connectivity index (χ4v) is 2.45. The first-order valence-corrected chi connectivity index (χ1v) is 8.91. The molecule has 0 fully saturated rings. The third kappa shape index (κ3) is 6.75. The van der Waals surface area contributed by atoms with Gasteiger partial charge in [-0.25, -0.2) is 10.2 Å². The smallest absolute Gasteiger partial charge is 0.408 e. The Morgan fingerprint density at radius 1 is 0.889 bits per heavy atom. The molecular weight excluding hydrogens is 342 g/mol. The van der Waals surface area contributed by atoms with Crippen molar-refractivity contribution >= 4 is 12.0 Å². The van der Waals surface area contributed by atoms with Crippen LogP contribution in [0.1, 0.15) is 44.9 Å². The normalized spacial score (nSPS) is 12.3. The van der Waals surface area contributed by atoms with Crippen molar-refractivity contribution in [3.8, 4) is 0 Å². The molecule has 0 saturated carbocycles. The maximum atomic E-state index is 12.4. The van der Waals surface area contributed by atoms with Gasteiger partial charge in [0.2, 0.25) is 0 Å². The van der Waals surface area contributed by atoms with Gasteiger partial charge in [0.1, 0.15) is 11.6 Å². The van der Waals surface area contributed by atoms with Crippen molar-refractivity contribution in [3.05, 3.63) is 71.8 Å². The predicted octanol–water partition coefficient (Wildman–Crippen LogP) is 3.31. The van der Waals surface area contributed by atoms with Crippen LogP contribution in [0.3, 0.4) is 0 Å². The van der Waals surface area contributed by atoms with Crippen molar-refractivity contribution in [1.29, 1.82) is 0 Å². The zero-order chi connectivity index (χ0) is 19.9. The summed E-state index contributed by atoms with van der Waals surface area (Å²) in [4.78, 5) is 24.2. The van der Waals surface area contributed by atoms with Gasteiger partial charge in [0.25, 0.3) is 5.91 Å². The molecule has 2 rings (SSSR count). The quantitative estimate of drug-likeness (QED) is 0.683. The van der Waals surface area contributed by atoms with Crippen LogP contribution in [0.25, 0.3) is 0 Å². The molecule has 2 aromatic carbocycles. The maximum Gasteiger partial charge on any atom is 0.408 e. The second-order valence-electron chi connectivity index (χ2n) is 7.26. The molecule has 6 heteroatoms. The number of amides is 2. The van der Waals surface area contributed by atoms with E-state index in [4.69, 9.17) is 4.74 Å². The summed E-state index contributed by atoms with van der Waals surface area (Å²) in [6.07, 6.45) is -0.632. The van der Waals surface area contributed by atoms with E-state index in [0.717, 1.165) is 11.1 Å². The first kappa shape index (κ1) is 20.5. The number of carbonyl (C=O) groups is 2. The van der Waals surface area contributed by atoms with Gasteiger partial charge >= 0.3 is 6.09 Å². The molecule has 0 spiro atoms. The van der Waals surface area contributed by atoms with E-state index in [2.05, 4.69) is 16.2 Å². The minimum atomic E-state index is -0.750. The Hall–Kier alpha value is -2.86. The Bertz CT molecular complexity index is 703. The molecule has 0 aliphatic heterocycles. The molecular formula is C21H27N3O3. The van der Waals surface area contributed by atoms with E-state index in [-0.39, 0.29) is 11.9 Å². The zero-order valence-corrected chi connectivity index (χ0v) is 16.2. The van der Waals surface area contributed by atoms with Crippen LogP contribution in [-0.4, -0.2) is 23.6 Å². The second kappa shape index (κ2) is 9.19. The molecule has 2 aromatic rings. The highest BCUT2D eigenvalue weighted by atomic mass is 16.6. The number of hydrogen-bond acceptors (Lipinski definition) is 4. The fourth-order valence-electron chi connectivity index (χ4n) is 2.45. The summed E-state index contributed by atoms with van der Waals surface area (Å²) >= 11 is 0. The summed E-state index contributed by atoms with van der Waals surface area (Å²) in [5, 5.41) is 2.53. The molecule has 0 bridgehead atoms. The minimum Gasteiger partial charge on any atom is -0.444 e. The molecule has 0 aromatic heterocycles. The van der Waals surface area contributed by atoms with Gasteiger partial charge < -0.3 is 10.1 Å². The fraction of sp³-hybridized carbons (Fsp3) is 0.333. The second-order valence-corrected chi connectivity index (χ2v) is 7.26. The highest BCUT2D eigenvalue weighted by Crippen LogP contribution is 2.20. The molecule has 0 heterocycles. The summed E-state index contributed by atoms with van der Waals surface area (Å²) in [5.74, 6) is -0.363. The lowest BCUT2D eigenvalue weighted by atomic mass is 9.99. The highest BCUT2D eigenvalue weighted by Gasteiger charge is 2.22. The lowest BCUT2D eigenvalue weighted by Crippen LogP contribution is -2.51. The Labute approximate surface area is 160 Å². The molecule has 0 radical (unpaired) electrons. The molecule has 1 atom stereocenters. The Morgan fingerprint density at radius 2 is 1.37 bits per heavy atom. The van der Waals surface area contributed by atoms with Gasteiger partial charge in [-0.15, -0.1) is 0 Å². The molecule has 27 heavy (non-hydrogen) atoms. The van der Waals surface area contributed by atoms with Gasteiger partial charge in [-0.1, -0.05) is 60.7 Å². The summed E-state index contributed by atoms with van der Waals surface area (Å²) in [6, 6.07) is 18.6. The highest BCUT2D eigenvalue weighted by molar-refractivity contribution is 5.84. The summed E-state index contributed by atoms with van der Waals surface area (Å²) in [5.41, 5.74) is 7.15. The summed E-state index contributed by atoms with van der Waals surface area (Å²) in [7, 11) is 0. The van der Waals surface area contributed by atoms with Crippen LogP contribution in [0.15, 0.2) is 60.7 Å². The Kier molecular flexibility index (Phi) is 6.96. The van der Waals surface area contributed by atoms with Crippen molar-refractivity contribution < 1.29 is 14.3 Å². The third-order valence-corrected chi connectivity index (χ3v) is 3.73. The Balaban J connectivity index is 2.00. The van der Waals surface area contributed by atoms with Gasteiger partial charge in [-0.05, 0) is 38.8 Å². The van der Waals surface area contributed by atoms with Crippen molar-refractivity contribution in [3.63, 3.8) is 0 Å². The number of benzene rings is 2. The number of ether oxygens (including phenoxy) is 1. The van der Waals surface area contributed by atoms with E-state index in [1.165, 1.54) is 0 Å². The van der Waals surface area contributed by atoms with E-state index >= 15 is 0 Å². The first-order valence-electron chi connectivity index (χ1n) is 8.91. The van der Waals surface area contributed by atoms with Crippen LogP contribution in [0.5, 0.6) is 0 Å². The largest absolute Gasteiger partial charge is 0.444 e. The van der Waals surface area contributed by atoms with Crippen LogP contribution in [-0.2, 0) is 9.53 Å². The van der Waals surface area contributed by atoms with Gasteiger partial charge in [-0.2, -0.15) is 0 Å². The van der Waals surface area contributed by atoms with Crippen LogP contribution >= 0.6 is 0 Å². The van der Waals surface area contributed by atoms with Crippen LogP contribution < -0.4 is 16.2 Å². The molecule has 0 unspecified atom stereocenters. The maximum absolute atomic E-state index is 12.4. The molecule has 2 amide bonds. The summed E-state index contributed by atoms with van der Waals surface area (Å²) in [6.45, 7) is 6.90. The van der Waals surface area contributed by atoms with Crippen LogP contribution in [0.4, 0.5) is 4.79 Å². The van der Waals surface area contributed by atoms with E-state index in [1.807, 2.05) is 60.7 Å². The Morgan fingerprint density at radius 3 is 1.81 bits per heavy atom. The molecule has 0 saturated heterocycles. The molecule has 0 aliphatic carbocycles. The van der Waals surface area contributed by atoms with E-state index in [0.29, 0.717) is 0 Å². The number of carbonyl (C=O) groups excluding carboxylic acids is 2. The molecule has 3 N–H and O–H groups in total. The van der Waals surface area contributed by atoms with Crippen molar-refractivity contribution in [2.45, 2.75) is 45.4 Å². The van der Waals surface area contributed by atoms with Gasteiger partial charge in [0, 0.05) is 0 Å². The molecule has 0 aliphatic rings. The lowest BCUT2D eigenvalue weighted by Gasteiger charge is -2.23. The number of alkyl carbamates (subject to hydrolysis) is 1. The monoisotopic (exact) mass is 369 g/mol. The first-order chi connectivity index (χ1) is 12.8. The van der Waals surface area contributed by atoms with Crippen LogP contribution in [0.2, 0.25) is 0 Å². The number of hydrazine groups is 1. The third-order valence-electron chi connectivity index (χ3n) is 3.73. The van der Waals surface area contributed by atoms with Crippen molar-refractivity contribution in [1.82, 2.24) is 16.2 Å². The van der Waals surface area contributed by atoms with E-state index in [1.54, 1.807) is 27.7 Å². The van der Waals surface area contributed by atoms with E-state index < -0.39 is 17.7 Å². The van der Waals surface area contributed by atoms with E-state index in [9.17, 15) is 9.59 Å². The molecule has 6 nitrogen and oxygen atoms in total. The van der Waals surface area contributed by atoms with Crippen molar-refractivity contribution in [2.24, 2.45) is 0 Å². The number of hydrogen-bond donors (Lipinski definition) is 3. The average molecular weight is 369 g/mol. The standard InChI is InChI=1S/C21H27N3O3/c1-15(22-20(26)27-21(2,3)4)19(25)24-23-18(16-11-7-5-8-12-16)17-13-9-6-10-14-17/h5-15,18,23H,1-4H3,(H,22,26)(H,24,25)/t15-/m0/s1. The predicted molar refractivity (Wildman–Crippen MR) is 105 cm³/mol. The zero-order valence-electron chi connectivity index (χ0n) is 16.2. The number of nitrogens with one attached hydrogen (secondary N) is 3. The number of rotatable bonds is 6. The minimum absolute atomic E-state index is 0.218. The summed E-state index contributed by atoms with van der Waals surface area (Å²) < 4.78 is 5.17. The SMILES string of the molecule is C[C@H](NC(=O)OC(C)(C)C)C(=O)NNC(c1ccccc1)c1ccccc1. The van der Waals surface area contributed by atoms with Crippen molar-refractivity contribution in [2.75, 3.05) is 0 Å².